The third-order valence-electron chi connectivity index (χ3n) is 3.58. The van der Waals surface area contributed by atoms with Gasteiger partial charge in [0.05, 0.1) is 39.6 Å². The first-order valence-corrected chi connectivity index (χ1v) is 10.4. The van der Waals surface area contributed by atoms with E-state index in [-0.39, 0.29) is 0 Å². The lowest BCUT2D eigenvalue weighted by Gasteiger charge is -2.26. The Balaban J connectivity index is 0.00000194. The summed E-state index contributed by atoms with van der Waals surface area (Å²) in [4.78, 5) is 2.43. The molecule has 1 aliphatic heterocycles. The van der Waals surface area contributed by atoms with Crippen LogP contribution in [0.25, 0.3) is 0 Å². The minimum absolute atomic E-state index is 0.327. The maximum atomic E-state index is 5.59. The molecular weight excluding hydrogens is 330 g/mol. The van der Waals surface area contributed by atoms with Gasteiger partial charge in [-0.1, -0.05) is 41.0 Å². The van der Waals surface area contributed by atoms with Crippen molar-refractivity contribution in [1.29, 1.82) is 0 Å². The minimum Gasteiger partial charge on any atom is -0.378 e. The van der Waals surface area contributed by atoms with Gasteiger partial charge in [0, 0.05) is 45.8 Å². The van der Waals surface area contributed by atoms with Crippen molar-refractivity contribution in [1.82, 2.24) is 15.5 Å². The van der Waals surface area contributed by atoms with Gasteiger partial charge >= 0.3 is 0 Å². The number of ether oxygens (including phenoxy) is 3. The van der Waals surface area contributed by atoms with E-state index in [9.17, 15) is 0 Å². The molecule has 0 unspecified atom stereocenters. The molecule has 1 fully saturated rings. The van der Waals surface area contributed by atoms with Gasteiger partial charge in [-0.15, -0.1) is 0 Å². The van der Waals surface area contributed by atoms with Crippen LogP contribution in [0.2, 0.25) is 0 Å². The molecule has 1 rings (SSSR count). The molecule has 0 atom stereocenters. The van der Waals surface area contributed by atoms with Crippen LogP contribution in [-0.4, -0.2) is 90.4 Å². The fourth-order valence-corrected chi connectivity index (χ4v) is 2.28. The van der Waals surface area contributed by atoms with Crippen LogP contribution in [-0.2, 0) is 14.2 Å². The second-order valence-electron chi connectivity index (χ2n) is 7.87. The first-order valence-electron chi connectivity index (χ1n) is 10.4. The van der Waals surface area contributed by atoms with E-state index in [0.29, 0.717) is 31.8 Å². The smallest absolute Gasteiger partial charge is 0.0701 e. The summed E-state index contributed by atoms with van der Waals surface area (Å²) in [6.07, 6.45) is 1.25. The summed E-state index contributed by atoms with van der Waals surface area (Å²) in [7, 11) is 0. The largest absolute Gasteiger partial charge is 0.378 e. The Bertz CT molecular complexity index is 280. The van der Waals surface area contributed by atoms with E-state index in [0.717, 1.165) is 59.0 Å². The van der Waals surface area contributed by atoms with Crippen molar-refractivity contribution in [3.05, 3.63) is 0 Å². The molecule has 6 heteroatoms. The highest BCUT2D eigenvalue weighted by Crippen LogP contribution is 2.09. The first kappa shape index (κ1) is 25.8. The molecule has 26 heavy (non-hydrogen) atoms. The molecule has 1 aliphatic rings. The third kappa shape index (κ3) is 20.1. The van der Waals surface area contributed by atoms with Crippen molar-refractivity contribution in [2.45, 2.75) is 41.0 Å². The van der Waals surface area contributed by atoms with Crippen LogP contribution >= 0.6 is 0 Å². The zero-order valence-electron chi connectivity index (χ0n) is 18.1. The first-order chi connectivity index (χ1) is 12.5. The number of nitrogens with zero attached hydrogens (tertiary/aromatic N) is 1. The molecule has 0 aromatic rings. The van der Waals surface area contributed by atoms with E-state index in [1.54, 1.807) is 0 Å². The average molecular weight is 376 g/mol. The van der Waals surface area contributed by atoms with Gasteiger partial charge in [0.2, 0.25) is 0 Å². The average Bonchev–Trinajstić information content (AvgIpc) is 2.59. The molecule has 0 aromatic carbocycles. The SMILES string of the molecule is CC(C)(C)CNCCOCCOCCOCCN1CCNCC1.CCC. The summed E-state index contributed by atoms with van der Waals surface area (Å²) in [5.41, 5.74) is 0.327. The predicted molar refractivity (Wildman–Crippen MR) is 110 cm³/mol. The molecule has 1 heterocycles. The number of hydrogen-bond donors (Lipinski definition) is 2. The van der Waals surface area contributed by atoms with Crippen molar-refractivity contribution in [2.24, 2.45) is 5.41 Å². The number of nitrogens with one attached hydrogen (secondary N) is 2. The summed E-state index contributed by atoms with van der Waals surface area (Å²) in [6, 6.07) is 0. The quantitative estimate of drug-likeness (QED) is 0.480. The van der Waals surface area contributed by atoms with E-state index >= 15 is 0 Å². The van der Waals surface area contributed by atoms with Gasteiger partial charge in [-0.3, -0.25) is 4.90 Å². The maximum Gasteiger partial charge on any atom is 0.0701 e. The van der Waals surface area contributed by atoms with Gasteiger partial charge in [0.1, 0.15) is 0 Å². The molecule has 158 valence electrons. The summed E-state index contributed by atoms with van der Waals surface area (Å²) in [5.74, 6) is 0. The number of hydrogen-bond acceptors (Lipinski definition) is 6. The highest BCUT2D eigenvalue weighted by molar-refractivity contribution is 4.66. The fourth-order valence-electron chi connectivity index (χ4n) is 2.28. The fraction of sp³-hybridized carbons (Fsp3) is 1.00. The highest BCUT2D eigenvalue weighted by atomic mass is 16.5. The molecule has 0 saturated carbocycles. The molecule has 6 nitrogen and oxygen atoms in total. The lowest BCUT2D eigenvalue weighted by Crippen LogP contribution is -2.44. The Morgan fingerprint density at radius 3 is 1.88 bits per heavy atom. The second-order valence-corrected chi connectivity index (χ2v) is 7.87. The van der Waals surface area contributed by atoms with Crippen LogP contribution in [0.3, 0.4) is 0 Å². The van der Waals surface area contributed by atoms with Crippen LogP contribution in [0.1, 0.15) is 41.0 Å². The normalized spacial score (nSPS) is 15.6. The Kier molecular flexibility index (Phi) is 18.0. The van der Waals surface area contributed by atoms with E-state index in [4.69, 9.17) is 14.2 Å². The Morgan fingerprint density at radius 1 is 0.846 bits per heavy atom. The third-order valence-corrected chi connectivity index (χ3v) is 3.58. The standard InChI is InChI=1S/C17H37N3O3.C3H8/c1-17(2,3)16-19-6-10-21-12-14-23-15-13-22-11-9-20-7-4-18-5-8-20;1-3-2/h18-19H,4-16H2,1-3H3;3H2,1-2H3. The Labute approximate surface area is 162 Å². The van der Waals surface area contributed by atoms with Gasteiger partial charge in [-0.05, 0) is 5.41 Å². The van der Waals surface area contributed by atoms with Crippen molar-refractivity contribution < 1.29 is 14.2 Å². The van der Waals surface area contributed by atoms with Crippen LogP contribution in [0.4, 0.5) is 0 Å². The van der Waals surface area contributed by atoms with Crippen LogP contribution < -0.4 is 10.6 Å². The predicted octanol–water partition coefficient (Wildman–Crippen LogP) is 1.99. The minimum atomic E-state index is 0.327. The molecule has 0 bridgehead atoms. The zero-order valence-corrected chi connectivity index (χ0v) is 18.1. The number of piperazine rings is 1. The molecule has 0 amide bonds. The van der Waals surface area contributed by atoms with Crippen molar-refractivity contribution in [3.8, 4) is 0 Å². The summed E-state index contributed by atoms with van der Waals surface area (Å²) < 4.78 is 16.6. The van der Waals surface area contributed by atoms with Crippen molar-refractivity contribution in [3.63, 3.8) is 0 Å². The summed E-state index contributed by atoms with van der Waals surface area (Å²) in [5, 5.41) is 6.73. The Hall–Kier alpha value is -0.240. The van der Waals surface area contributed by atoms with Crippen molar-refractivity contribution in [2.75, 3.05) is 85.5 Å². The topological polar surface area (TPSA) is 55.0 Å². The van der Waals surface area contributed by atoms with Gasteiger partial charge in [-0.2, -0.15) is 0 Å². The zero-order chi connectivity index (χ0) is 19.5. The summed E-state index contributed by atoms with van der Waals surface area (Å²) >= 11 is 0. The lowest BCUT2D eigenvalue weighted by molar-refractivity contribution is 0.0105. The van der Waals surface area contributed by atoms with Crippen LogP contribution in [0, 0.1) is 5.41 Å². The molecular formula is C20H45N3O3. The van der Waals surface area contributed by atoms with E-state index < -0.39 is 0 Å². The molecule has 0 aliphatic carbocycles. The van der Waals surface area contributed by atoms with E-state index in [2.05, 4.69) is 50.2 Å². The monoisotopic (exact) mass is 375 g/mol. The van der Waals surface area contributed by atoms with E-state index in [1.165, 1.54) is 6.42 Å². The molecule has 0 spiro atoms. The number of rotatable bonds is 13. The summed E-state index contributed by atoms with van der Waals surface area (Å²) in [6.45, 7) is 22.4. The van der Waals surface area contributed by atoms with Crippen molar-refractivity contribution >= 4 is 0 Å². The van der Waals surface area contributed by atoms with Crippen LogP contribution in [0.15, 0.2) is 0 Å². The Morgan fingerprint density at radius 2 is 1.35 bits per heavy atom. The second kappa shape index (κ2) is 18.1. The molecule has 2 N–H and O–H groups in total. The lowest BCUT2D eigenvalue weighted by atomic mass is 9.97. The van der Waals surface area contributed by atoms with E-state index in [1.807, 2.05) is 0 Å². The van der Waals surface area contributed by atoms with Gasteiger partial charge < -0.3 is 24.8 Å². The molecule has 0 radical (unpaired) electrons. The maximum absolute atomic E-state index is 5.59. The van der Waals surface area contributed by atoms with Gasteiger partial charge in [0.25, 0.3) is 0 Å². The molecule has 0 aromatic heterocycles. The van der Waals surface area contributed by atoms with Crippen LogP contribution in [0.5, 0.6) is 0 Å². The van der Waals surface area contributed by atoms with Gasteiger partial charge in [0.15, 0.2) is 0 Å². The molecule has 1 saturated heterocycles. The van der Waals surface area contributed by atoms with Gasteiger partial charge in [-0.25, -0.2) is 0 Å². The highest BCUT2D eigenvalue weighted by Gasteiger charge is 2.08.